The van der Waals surface area contributed by atoms with E-state index in [2.05, 4.69) is 5.32 Å². The van der Waals surface area contributed by atoms with Crippen LogP contribution in [0.15, 0.2) is 29.2 Å². The number of nitrogens with one attached hydrogen (secondary N) is 1. The number of hydrogen-bond donors (Lipinski definition) is 1. The number of thioether (sulfide) groups is 1. The fourth-order valence-electron chi connectivity index (χ4n) is 1.98. The van der Waals surface area contributed by atoms with E-state index in [-0.39, 0.29) is 23.4 Å². The predicted octanol–water partition coefficient (Wildman–Crippen LogP) is 3.11. The van der Waals surface area contributed by atoms with Crippen LogP contribution in [-0.2, 0) is 9.84 Å². The average Bonchev–Trinajstić information content (AvgIpc) is 2.45. The Labute approximate surface area is 131 Å². The van der Waals surface area contributed by atoms with E-state index in [0.717, 1.165) is 23.6 Å². The molecule has 0 spiro atoms. The molecule has 6 heteroatoms. The summed E-state index contributed by atoms with van der Waals surface area (Å²) in [5.74, 6) is 1.03. The summed E-state index contributed by atoms with van der Waals surface area (Å²) in [6.45, 7) is 4.55. The van der Waals surface area contributed by atoms with Crippen LogP contribution in [-0.4, -0.2) is 38.3 Å². The van der Waals surface area contributed by atoms with E-state index < -0.39 is 9.84 Å². The first-order chi connectivity index (χ1) is 9.96. The van der Waals surface area contributed by atoms with Crippen molar-refractivity contribution in [1.82, 2.24) is 5.32 Å². The van der Waals surface area contributed by atoms with Gasteiger partial charge in [0.05, 0.1) is 5.75 Å². The predicted molar refractivity (Wildman–Crippen MR) is 88.2 cm³/mol. The quantitative estimate of drug-likeness (QED) is 0.668. The zero-order chi connectivity index (χ0) is 15.7. The summed E-state index contributed by atoms with van der Waals surface area (Å²) < 4.78 is 36.1. The second-order valence-electron chi connectivity index (χ2n) is 4.90. The topological polar surface area (TPSA) is 46.2 Å². The minimum absolute atomic E-state index is 0.205. The van der Waals surface area contributed by atoms with Gasteiger partial charge >= 0.3 is 0 Å². The highest BCUT2D eigenvalue weighted by molar-refractivity contribution is 7.99. The van der Waals surface area contributed by atoms with Gasteiger partial charge in [-0.3, -0.25) is 0 Å². The molecule has 0 aliphatic carbocycles. The molecule has 1 aromatic rings. The molecule has 21 heavy (non-hydrogen) atoms. The number of benzene rings is 1. The zero-order valence-corrected chi connectivity index (χ0v) is 14.3. The van der Waals surface area contributed by atoms with Gasteiger partial charge in [-0.1, -0.05) is 19.9 Å². The smallest absolute Gasteiger partial charge is 0.150 e. The lowest BCUT2D eigenvalue weighted by molar-refractivity contribution is 0.527. The molecule has 3 nitrogen and oxygen atoms in total. The summed E-state index contributed by atoms with van der Waals surface area (Å²) >= 11 is 1.59. The lowest BCUT2D eigenvalue weighted by atomic mass is 10.2. The molecule has 1 N–H and O–H groups in total. The second-order valence-corrected chi connectivity index (χ2v) is 8.47. The molecule has 1 unspecified atom stereocenters. The third kappa shape index (κ3) is 7.83. The van der Waals surface area contributed by atoms with Crippen LogP contribution in [0.2, 0.25) is 0 Å². The van der Waals surface area contributed by atoms with Crippen molar-refractivity contribution in [3.05, 3.63) is 30.1 Å². The Bertz CT molecular complexity index is 520. The molecular weight excluding hydrogens is 309 g/mol. The first-order valence-electron chi connectivity index (χ1n) is 7.29. The number of halogens is 1. The van der Waals surface area contributed by atoms with Crippen LogP contribution in [0.4, 0.5) is 4.39 Å². The fourth-order valence-corrected chi connectivity index (χ4v) is 3.92. The van der Waals surface area contributed by atoms with Gasteiger partial charge in [-0.05, 0) is 37.6 Å². The molecule has 0 saturated carbocycles. The van der Waals surface area contributed by atoms with Crippen molar-refractivity contribution >= 4 is 21.6 Å². The van der Waals surface area contributed by atoms with Gasteiger partial charge in [-0.15, -0.1) is 11.8 Å². The van der Waals surface area contributed by atoms with Crippen LogP contribution in [0.1, 0.15) is 26.7 Å². The highest BCUT2D eigenvalue weighted by Crippen LogP contribution is 2.20. The third-order valence-corrected chi connectivity index (χ3v) is 6.13. The average molecular weight is 333 g/mol. The minimum atomic E-state index is -2.89. The van der Waals surface area contributed by atoms with Gasteiger partial charge in [0.25, 0.3) is 0 Å². The Hall–Kier alpha value is -0.590. The Morgan fingerprint density at radius 1 is 1.33 bits per heavy atom. The molecule has 0 aliphatic rings. The Morgan fingerprint density at radius 2 is 2.10 bits per heavy atom. The summed E-state index contributed by atoms with van der Waals surface area (Å²) in [5.41, 5.74) is 0. The minimum Gasteiger partial charge on any atom is -0.313 e. The second kappa shape index (κ2) is 9.43. The number of rotatable bonds is 10. The molecule has 0 amide bonds. The van der Waals surface area contributed by atoms with Crippen LogP contribution in [0.3, 0.4) is 0 Å². The Morgan fingerprint density at radius 3 is 2.71 bits per heavy atom. The SMILES string of the molecule is CCNC(CCCS(=O)(=O)CC)CSc1cccc(F)c1. The van der Waals surface area contributed by atoms with E-state index in [1.54, 1.807) is 24.8 Å². The summed E-state index contributed by atoms with van der Waals surface area (Å²) in [6, 6.07) is 6.79. The van der Waals surface area contributed by atoms with Crippen molar-refractivity contribution in [3.8, 4) is 0 Å². The molecule has 0 radical (unpaired) electrons. The van der Waals surface area contributed by atoms with Gasteiger partial charge in [0.2, 0.25) is 0 Å². The maximum Gasteiger partial charge on any atom is 0.150 e. The molecule has 120 valence electrons. The summed E-state index contributed by atoms with van der Waals surface area (Å²) in [4.78, 5) is 0.902. The normalized spacial score (nSPS) is 13.3. The summed E-state index contributed by atoms with van der Waals surface area (Å²) in [6.07, 6.45) is 1.48. The van der Waals surface area contributed by atoms with Crippen LogP contribution in [0.25, 0.3) is 0 Å². The lowest BCUT2D eigenvalue weighted by Gasteiger charge is -2.17. The molecule has 1 rings (SSSR count). The molecule has 0 aliphatic heterocycles. The lowest BCUT2D eigenvalue weighted by Crippen LogP contribution is -2.31. The molecule has 0 fully saturated rings. The Balaban J connectivity index is 2.42. The van der Waals surface area contributed by atoms with E-state index in [0.29, 0.717) is 6.42 Å². The highest BCUT2D eigenvalue weighted by Gasteiger charge is 2.12. The standard InChI is InChI=1S/C15H24FNO2S2/c1-3-17-14(8-6-10-21(18,19)4-2)12-20-15-9-5-7-13(16)11-15/h5,7,9,11,14,17H,3-4,6,8,10,12H2,1-2H3. The van der Waals surface area contributed by atoms with Gasteiger partial charge in [0, 0.05) is 22.4 Å². The van der Waals surface area contributed by atoms with Crippen molar-refractivity contribution in [1.29, 1.82) is 0 Å². The van der Waals surface area contributed by atoms with Crippen molar-refractivity contribution in [2.24, 2.45) is 0 Å². The molecule has 1 atom stereocenters. The van der Waals surface area contributed by atoms with Gasteiger partial charge in [-0.25, -0.2) is 12.8 Å². The first kappa shape index (κ1) is 18.5. The van der Waals surface area contributed by atoms with Crippen LogP contribution in [0, 0.1) is 5.82 Å². The zero-order valence-electron chi connectivity index (χ0n) is 12.6. The van der Waals surface area contributed by atoms with Crippen molar-refractivity contribution in [3.63, 3.8) is 0 Å². The molecule has 0 bridgehead atoms. The van der Waals surface area contributed by atoms with Crippen LogP contribution < -0.4 is 5.32 Å². The van der Waals surface area contributed by atoms with E-state index >= 15 is 0 Å². The monoisotopic (exact) mass is 333 g/mol. The maximum absolute atomic E-state index is 13.1. The van der Waals surface area contributed by atoms with Crippen molar-refractivity contribution < 1.29 is 12.8 Å². The molecule has 1 aromatic carbocycles. The van der Waals surface area contributed by atoms with Crippen LogP contribution in [0.5, 0.6) is 0 Å². The van der Waals surface area contributed by atoms with E-state index in [4.69, 9.17) is 0 Å². The third-order valence-electron chi connectivity index (χ3n) is 3.19. The Kier molecular flexibility index (Phi) is 8.29. The highest BCUT2D eigenvalue weighted by atomic mass is 32.2. The molecular formula is C15H24FNO2S2. The van der Waals surface area contributed by atoms with E-state index in [1.807, 2.05) is 13.0 Å². The largest absolute Gasteiger partial charge is 0.313 e. The fraction of sp³-hybridized carbons (Fsp3) is 0.600. The van der Waals surface area contributed by atoms with Gasteiger partial charge in [-0.2, -0.15) is 0 Å². The van der Waals surface area contributed by atoms with Crippen molar-refractivity contribution in [2.45, 2.75) is 37.6 Å². The van der Waals surface area contributed by atoms with Gasteiger partial charge < -0.3 is 5.32 Å². The van der Waals surface area contributed by atoms with Gasteiger partial charge in [0.1, 0.15) is 15.7 Å². The number of hydrogen-bond acceptors (Lipinski definition) is 4. The van der Waals surface area contributed by atoms with Crippen molar-refractivity contribution in [2.75, 3.05) is 23.8 Å². The van der Waals surface area contributed by atoms with E-state index in [9.17, 15) is 12.8 Å². The number of sulfone groups is 1. The molecule has 0 aromatic heterocycles. The van der Waals surface area contributed by atoms with E-state index in [1.165, 1.54) is 12.1 Å². The summed E-state index contributed by atoms with van der Waals surface area (Å²) in [5, 5.41) is 3.36. The van der Waals surface area contributed by atoms with Gasteiger partial charge in [0.15, 0.2) is 0 Å². The molecule has 0 heterocycles. The summed E-state index contributed by atoms with van der Waals surface area (Å²) in [7, 11) is -2.89. The van der Waals surface area contributed by atoms with Crippen LogP contribution >= 0.6 is 11.8 Å². The first-order valence-corrected chi connectivity index (χ1v) is 10.1. The molecule has 0 saturated heterocycles. The maximum atomic E-state index is 13.1.